The van der Waals surface area contributed by atoms with E-state index in [0.717, 1.165) is 6.54 Å². The van der Waals surface area contributed by atoms with Crippen molar-refractivity contribution in [2.45, 2.75) is 68.7 Å². The second-order valence-electron chi connectivity index (χ2n) is 4.05. The van der Waals surface area contributed by atoms with Gasteiger partial charge in [-0.1, -0.05) is 0 Å². The van der Waals surface area contributed by atoms with Crippen LogP contribution in [0.2, 0.25) is 4.47 Å². The van der Waals surface area contributed by atoms with Gasteiger partial charge in [0.05, 0.1) is 0 Å². The van der Waals surface area contributed by atoms with Crippen molar-refractivity contribution in [2.75, 3.05) is 6.54 Å². The molecule has 0 aromatic heterocycles. The van der Waals surface area contributed by atoms with Gasteiger partial charge in [-0.15, -0.1) is 0 Å². The molecule has 86 valence electrons. The van der Waals surface area contributed by atoms with Crippen LogP contribution in [0, 0.1) is 0 Å². The third-order valence-electron chi connectivity index (χ3n) is 2.61. The van der Waals surface area contributed by atoms with Crippen LogP contribution in [0.3, 0.4) is 0 Å². The van der Waals surface area contributed by atoms with Crippen LogP contribution in [-0.4, -0.2) is 28.8 Å². The van der Waals surface area contributed by atoms with Crippen molar-refractivity contribution in [3.8, 4) is 0 Å². The minimum absolute atomic E-state index is 0.873. The standard InChI is InChI=1S/C12H27NTe/c13-11-9-7-5-3-1-2-4-6-8-10-12-14/h14H,1-13H2. The molecule has 1 nitrogen and oxygen atoms in total. The van der Waals surface area contributed by atoms with Crippen LogP contribution < -0.4 is 5.73 Å². The SMILES string of the molecule is NCCCCCCCCCCCC[TeH]. The number of rotatable bonds is 11. The fourth-order valence-electron chi connectivity index (χ4n) is 1.67. The van der Waals surface area contributed by atoms with Crippen LogP contribution in [0.25, 0.3) is 0 Å². The topological polar surface area (TPSA) is 26.0 Å². The van der Waals surface area contributed by atoms with Crippen molar-refractivity contribution in [3.63, 3.8) is 0 Å². The maximum absolute atomic E-state index is 5.44. The summed E-state index contributed by atoms with van der Waals surface area (Å²) in [4.78, 5) is 0. The molecule has 0 rings (SSSR count). The van der Waals surface area contributed by atoms with Gasteiger partial charge in [0.2, 0.25) is 0 Å². The van der Waals surface area contributed by atoms with Gasteiger partial charge in [-0.3, -0.25) is 0 Å². The van der Waals surface area contributed by atoms with Crippen molar-refractivity contribution in [1.82, 2.24) is 0 Å². The number of nitrogens with two attached hydrogens (primary N) is 1. The van der Waals surface area contributed by atoms with E-state index in [1.54, 1.807) is 0 Å². The van der Waals surface area contributed by atoms with Crippen LogP contribution in [0.15, 0.2) is 0 Å². The van der Waals surface area contributed by atoms with Gasteiger partial charge in [0.1, 0.15) is 0 Å². The van der Waals surface area contributed by atoms with E-state index in [2.05, 4.69) is 0 Å². The van der Waals surface area contributed by atoms with Gasteiger partial charge in [0, 0.05) is 0 Å². The molecule has 0 saturated heterocycles. The van der Waals surface area contributed by atoms with E-state index in [1.807, 2.05) is 22.3 Å². The minimum atomic E-state index is 0.873. The molecule has 0 saturated carbocycles. The summed E-state index contributed by atoms with van der Waals surface area (Å²) >= 11 is 1.96. The van der Waals surface area contributed by atoms with E-state index >= 15 is 0 Å². The van der Waals surface area contributed by atoms with Crippen molar-refractivity contribution in [1.29, 1.82) is 0 Å². The van der Waals surface area contributed by atoms with Gasteiger partial charge in [0.25, 0.3) is 0 Å². The normalized spacial score (nSPS) is 10.7. The zero-order valence-electron chi connectivity index (χ0n) is 9.51. The summed E-state index contributed by atoms with van der Waals surface area (Å²) in [6, 6.07) is 0. The summed E-state index contributed by atoms with van der Waals surface area (Å²) in [5.41, 5.74) is 5.44. The molecule has 0 spiro atoms. The van der Waals surface area contributed by atoms with Gasteiger partial charge in [0.15, 0.2) is 0 Å². The van der Waals surface area contributed by atoms with Gasteiger partial charge in [-0.2, -0.15) is 0 Å². The molecule has 0 radical (unpaired) electrons. The Kier molecular flexibility index (Phi) is 14.5. The van der Waals surface area contributed by atoms with Crippen LogP contribution >= 0.6 is 0 Å². The molecule has 0 aliphatic rings. The Morgan fingerprint density at radius 1 is 0.571 bits per heavy atom. The molecule has 2 N–H and O–H groups in total. The fraction of sp³-hybridized carbons (Fsp3) is 1.00. The fourth-order valence-corrected chi connectivity index (χ4v) is 2.31. The molecular weight excluding hydrogens is 286 g/mol. The third-order valence-corrected chi connectivity index (χ3v) is 3.51. The van der Waals surface area contributed by atoms with Gasteiger partial charge < -0.3 is 5.73 Å². The quantitative estimate of drug-likeness (QED) is 0.460. The molecule has 14 heavy (non-hydrogen) atoms. The molecule has 0 aliphatic carbocycles. The van der Waals surface area contributed by atoms with Crippen LogP contribution in [-0.2, 0) is 0 Å². The number of hydrogen-bond donors (Lipinski definition) is 1. The van der Waals surface area contributed by atoms with Crippen LogP contribution in [0.1, 0.15) is 64.2 Å². The first-order chi connectivity index (χ1) is 6.91. The Labute approximate surface area is 103 Å². The Morgan fingerprint density at radius 3 is 1.29 bits per heavy atom. The zero-order chi connectivity index (χ0) is 10.5. The van der Waals surface area contributed by atoms with E-state index < -0.39 is 0 Å². The first kappa shape index (κ1) is 14.7. The molecule has 0 atom stereocenters. The van der Waals surface area contributed by atoms with Crippen LogP contribution in [0.5, 0.6) is 0 Å². The summed E-state index contributed by atoms with van der Waals surface area (Å²) in [6.45, 7) is 0.873. The Balaban J connectivity index is 2.78. The van der Waals surface area contributed by atoms with E-state index in [9.17, 15) is 0 Å². The van der Waals surface area contributed by atoms with Crippen molar-refractivity contribution < 1.29 is 0 Å². The van der Waals surface area contributed by atoms with E-state index in [1.165, 1.54) is 68.7 Å². The first-order valence-corrected chi connectivity index (χ1v) is 8.03. The number of hydrogen-bond acceptors (Lipinski definition) is 1. The summed E-state index contributed by atoms with van der Waals surface area (Å²) in [5, 5.41) is 0. The monoisotopic (exact) mass is 315 g/mol. The zero-order valence-corrected chi connectivity index (χ0v) is 12.1. The first-order valence-electron chi connectivity index (χ1n) is 6.22. The van der Waals surface area contributed by atoms with Gasteiger partial charge >= 0.3 is 97.5 Å². The average molecular weight is 313 g/mol. The van der Waals surface area contributed by atoms with E-state index in [-0.39, 0.29) is 0 Å². The summed E-state index contributed by atoms with van der Waals surface area (Å²) in [7, 11) is 0. The van der Waals surface area contributed by atoms with E-state index in [0.29, 0.717) is 0 Å². The predicted octanol–water partition coefficient (Wildman–Crippen LogP) is 3.17. The average Bonchev–Trinajstić information content (AvgIpc) is 2.21. The molecular formula is C12H27NTe. The van der Waals surface area contributed by atoms with E-state index in [4.69, 9.17) is 5.73 Å². The molecule has 0 amide bonds. The summed E-state index contributed by atoms with van der Waals surface area (Å²) < 4.78 is 1.41. The van der Waals surface area contributed by atoms with Crippen molar-refractivity contribution in [2.24, 2.45) is 5.73 Å². The maximum atomic E-state index is 5.44. The molecule has 0 aromatic carbocycles. The molecule has 0 fully saturated rings. The Bertz CT molecular complexity index is 84.3. The molecule has 0 aromatic rings. The van der Waals surface area contributed by atoms with Gasteiger partial charge in [-0.05, 0) is 0 Å². The second-order valence-corrected chi connectivity index (χ2v) is 5.32. The third kappa shape index (κ3) is 12.7. The molecule has 0 bridgehead atoms. The molecule has 0 unspecified atom stereocenters. The molecule has 2 heteroatoms. The van der Waals surface area contributed by atoms with Gasteiger partial charge in [-0.25, -0.2) is 0 Å². The molecule has 0 aliphatic heterocycles. The second kappa shape index (κ2) is 13.7. The van der Waals surface area contributed by atoms with Crippen molar-refractivity contribution >= 4 is 22.3 Å². The van der Waals surface area contributed by atoms with Crippen LogP contribution in [0.4, 0.5) is 0 Å². The summed E-state index contributed by atoms with van der Waals surface area (Å²) in [5.74, 6) is 0. The molecule has 0 heterocycles. The summed E-state index contributed by atoms with van der Waals surface area (Å²) in [6.07, 6.45) is 14.1. The predicted molar refractivity (Wildman–Crippen MR) is 67.2 cm³/mol. The Hall–Kier alpha value is 0.750. The number of unbranched alkanes of at least 4 members (excludes halogenated alkanes) is 9. The Morgan fingerprint density at radius 2 is 0.929 bits per heavy atom. The van der Waals surface area contributed by atoms with Crippen molar-refractivity contribution in [3.05, 3.63) is 0 Å².